The number of pyridine rings is 1. The van der Waals surface area contributed by atoms with Crippen molar-refractivity contribution in [1.82, 2.24) is 4.98 Å². The van der Waals surface area contributed by atoms with E-state index in [1.165, 1.54) is 0 Å². The number of nitrogens with zero attached hydrogens (tertiary/aromatic N) is 1. The average molecular weight is 243 g/mol. The monoisotopic (exact) mass is 243 g/mol. The van der Waals surface area contributed by atoms with Crippen molar-refractivity contribution < 1.29 is 17.4 Å². The Kier molecular flexibility index (Phi) is 4.14. The third-order valence-electron chi connectivity index (χ3n) is 1.92. The molecule has 1 aromatic rings. The van der Waals surface area contributed by atoms with E-state index in [2.05, 4.69) is 9.17 Å². The number of hydrogen-bond acceptors (Lipinski definition) is 5. The summed E-state index contributed by atoms with van der Waals surface area (Å²) >= 11 is 0. The summed E-state index contributed by atoms with van der Waals surface area (Å²) in [5, 5.41) is 0. The van der Waals surface area contributed by atoms with Gasteiger partial charge < -0.3 is 0 Å². The fourth-order valence-corrected chi connectivity index (χ4v) is 1.35. The summed E-state index contributed by atoms with van der Waals surface area (Å²) in [4.78, 5) is 15.4. The summed E-state index contributed by atoms with van der Waals surface area (Å²) in [6, 6.07) is 3.34. The molecule has 0 saturated heterocycles. The quantitative estimate of drug-likeness (QED) is 0.565. The highest BCUT2D eigenvalue weighted by Crippen LogP contribution is 2.02. The second-order valence-electron chi connectivity index (χ2n) is 3.29. The van der Waals surface area contributed by atoms with Crippen LogP contribution in [0.25, 0.3) is 0 Å². The van der Waals surface area contributed by atoms with Crippen LogP contribution in [0.3, 0.4) is 0 Å². The molecule has 1 aromatic heterocycles. The predicted octanol–water partition coefficient (Wildman–Crippen LogP) is 0.803. The zero-order valence-corrected chi connectivity index (χ0v) is 9.95. The van der Waals surface area contributed by atoms with Crippen molar-refractivity contribution in [1.29, 1.82) is 0 Å². The van der Waals surface area contributed by atoms with Crippen LogP contribution in [0.4, 0.5) is 0 Å². The number of Topliss-reactive ketones (excluding diaryl/α,β-unsaturated/α-hetero) is 1. The smallest absolute Gasteiger partial charge is 0.264 e. The first kappa shape index (κ1) is 12.8. The lowest BCUT2D eigenvalue weighted by Gasteiger charge is -2.01. The molecule has 0 aliphatic heterocycles. The molecule has 88 valence electrons. The van der Waals surface area contributed by atoms with E-state index in [9.17, 15) is 13.2 Å². The van der Waals surface area contributed by atoms with Gasteiger partial charge in [-0.05, 0) is 18.1 Å². The molecular weight excluding hydrogens is 230 g/mol. The highest BCUT2D eigenvalue weighted by Gasteiger charge is 2.11. The molecule has 1 heterocycles. The first-order chi connectivity index (χ1) is 7.42. The fourth-order valence-electron chi connectivity index (χ4n) is 1.03. The van der Waals surface area contributed by atoms with E-state index in [0.717, 1.165) is 18.2 Å². The second kappa shape index (κ2) is 5.18. The van der Waals surface area contributed by atoms with Crippen LogP contribution in [0.15, 0.2) is 18.3 Å². The Labute approximate surface area is 94.6 Å². The Morgan fingerprint density at radius 3 is 2.56 bits per heavy atom. The number of carbonyl (C=O) groups excluding carboxylic acids is 1. The van der Waals surface area contributed by atoms with Gasteiger partial charge in [0.25, 0.3) is 10.1 Å². The lowest BCUT2D eigenvalue weighted by Crippen LogP contribution is -2.14. The van der Waals surface area contributed by atoms with Gasteiger partial charge in [0.05, 0.1) is 6.26 Å². The van der Waals surface area contributed by atoms with Crippen molar-refractivity contribution in [3.8, 4) is 0 Å². The number of carbonyl (C=O) groups is 1. The molecule has 0 bridgehead atoms. The van der Waals surface area contributed by atoms with Crippen molar-refractivity contribution in [3.05, 3.63) is 29.6 Å². The highest BCUT2D eigenvalue weighted by molar-refractivity contribution is 7.86. The molecule has 0 unspecified atom stereocenters. The van der Waals surface area contributed by atoms with E-state index in [1.807, 2.05) is 6.92 Å². The Hall–Kier alpha value is -1.27. The number of ketones is 1. The van der Waals surface area contributed by atoms with Gasteiger partial charge in [0.1, 0.15) is 12.3 Å². The van der Waals surface area contributed by atoms with Crippen LogP contribution in [0.1, 0.15) is 23.0 Å². The number of rotatable bonds is 5. The fraction of sp³-hybridized carbons (Fsp3) is 0.400. The Balaban J connectivity index is 2.66. The minimum absolute atomic E-state index is 0.209. The number of aryl methyl sites for hydroxylation is 1. The first-order valence-corrected chi connectivity index (χ1v) is 6.56. The Morgan fingerprint density at radius 1 is 1.44 bits per heavy atom. The van der Waals surface area contributed by atoms with E-state index < -0.39 is 22.5 Å². The summed E-state index contributed by atoms with van der Waals surface area (Å²) in [7, 11) is -3.59. The molecule has 6 heteroatoms. The maximum absolute atomic E-state index is 11.4. The van der Waals surface area contributed by atoms with Crippen molar-refractivity contribution >= 4 is 15.9 Å². The molecule has 5 nitrogen and oxygen atoms in total. The van der Waals surface area contributed by atoms with Gasteiger partial charge in [-0.3, -0.25) is 14.0 Å². The molecule has 0 fully saturated rings. The van der Waals surface area contributed by atoms with Gasteiger partial charge in [0, 0.05) is 6.20 Å². The molecular formula is C10H13NO4S. The molecule has 0 atom stereocenters. The average Bonchev–Trinajstić information content (AvgIpc) is 2.25. The van der Waals surface area contributed by atoms with Gasteiger partial charge in [-0.15, -0.1) is 0 Å². The third-order valence-corrected chi connectivity index (χ3v) is 2.47. The Morgan fingerprint density at radius 2 is 2.12 bits per heavy atom. The minimum atomic E-state index is -3.59. The standard InChI is InChI=1S/C10H13NO4S/c1-3-8-4-5-9(11-6-8)10(12)7-15-16(2,13)14/h4-6H,3,7H2,1-2H3. The molecule has 16 heavy (non-hydrogen) atoms. The molecule has 0 spiro atoms. The van der Waals surface area contributed by atoms with Crippen molar-refractivity contribution in [2.24, 2.45) is 0 Å². The maximum atomic E-state index is 11.4. The molecule has 0 N–H and O–H groups in total. The normalized spacial score (nSPS) is 11.4. The summed E-state index contributed by atoms with van der Waals surface area (Å²) in [6.45, 7) is 1.47. The molecule has 1 rings (SSSR count). The second-order valence-corrected chi connectivity index (χ2v) is 4.94. The zero-order chi connectivity index (χ0) is 12.2. The van der Waals surface area contributed by atoms with Gasteiger partial charge in [-0.25, -0.2) is 0 Å². The van der Waals surface area contributed by atoms with E-state index in [4.69, 9.17) is 0 Å². The predicted molar refractivity (Wildman–Crippen MR) is 58.7 cm³/mol. The minimum Gasteiger partial charge on any atom is -0.290 e. The lowest BCUT2D eigenvalue weighted by molar-refractivity contribution is 0.0920. The van der Waals surface area contributed by atoms with E-state index in [0.29, 0.717) is 0 Å². The summed E-state index contributed by atoms with van der Waals surface area (Å²) < 4.78 is 25.7. The van der Waals surface area contributed by atoms with Crippen LogP contribution in [-0.4, -0.2) is 32.0 Å². The van der Waals surface area contributed by atoms with Crippen LogP contribution < -0.4 is 0 Å². The topological polar surface area (TPSA) is 73.3 Å². The highest BCUT2D eigenvalue weighted by atomic mass is 32.2. The van der Waals surface area contributed by atoms with Crippen LogP contribution in [-0.2, 0) is 20.7 Å². The number of aromatic nitrogens is 1. The molecule has 0 aliphatic carbocycles. The van der Waals surface area contributed by atoms with Gasteiger partial charge in [-0.1, -0.05) is 13.0 Å². The zero-order valence-electron chi connectivity index (χ0n) is 9.13. The van der Waals surface area contributed by atoms with Gasteiger partial charge >= 0.3 is 0 Å². The van der Waals surface area contributed by atoms with Crippen LogP contribution in [0.5, 0.6) is 0 Å². The summed E-state index contributed by atoms with van der Waals surface area (Å²) in [5.74, 6) is -0.451. The largest absolute Gasteiger partial charge is 0.290 e. The lowest BCUT2D eigenvalue weighted by atomic mass is 10.2. The van der Waals surface area contributed by atoms with Crippen molar-refractivity contribution in [3.63, 3.8) is 0 Å². The third kappa shape index (κ3) is 4.08. The van der Waals surface area contributed by atoms with Crippen molar-refractivity contribution in [2.45, 2.75) is 13.3 Å². The van der Waals surface area contributed by atoms with E-state index >= 15 is 0 Å². The number of hydrogen-bond donors (Lipinski definition) is 0. The van der Waals surface area contributed by atoms with Gasteiger partial charge in [-0.2, -0.15) is 8.42 Å². The SMILES string of the molecule is CCc1ccc(C(=O)COS(C)(=O)=O)nc1. The molecule has 0 aliphatic rings. The van der Waals surface area contributed by atoms with Crippen LogP contribution in [0.2, 0.25) is 0 Å². The Bertz CT molecular complexity index is 464. The maximum Gasteiger partial charge on any atom is 0.264 e. The summed E-state index contributed by atoms with van der Waals surface area (Å²) in [6.07, 6.45) is 3.32. The van der Waals surface area contributed by atoms with E-state index in [1.54, 1.807) is 18.3 Å². The molecule has 0 saturated carbocycles. The van der Waals surface area contributed by atoms with E-state index in [-0.39, 0.29) is 5.69 Å². The summed E-state index contributed by atoms with van der Waals surface area (Å²) in [5.41, 5.74) is 1.22. The molecule has 0 amide bonds. The van der Waals surface area contributed by atoms with Crippen LogP contribution in [0, 0.1) is 0 Å². The first-order valence-electron chi connectivity index (χ1n) is 4.75. The van der Waals surface area contributed by atoms with Crippen LogP contribution >= 0.6 is 0 Å². The molecule has 0 radical (unpaired) electrons. The van der Waals surface area contributed by atoms with Gasteiger partial charge in [0.2, 0.25) is 5.78 Å². The van der Waals surface area contributed by atoms with Crippen molar-refractivity contribution in [2.75, 3.05) is 12.9 Å². The van der Waals surface area contributed by atoms with Gasteiger partial charge in [0.15, 0.2) is 0 Å². The molecule has 0 aromatic carbocycles.